The van der Waals surface area contributed by atoms with Crippen LogP contribution in [0.5, 0.6) is 0 Å². The summed E-state index contributed by atoms with van der Waals surface area (Å²) in [6.45, 7) is 0.830. The Labute approximate surface area is 153 Å². The first-order chi connectivity index (χ1) is 12.7. The van der Waals surface area contributed by atoms with Crippen LogP contribution in [0.4, 0.5) is 32.0 Å². The predicted molar refractivity (Wildman–Crippen MR) is 80.9 cm³/mol. The minimum atomic E-state index is -5.22. The van der Waals surface area contributed by atoms with Gasteiger partial charge in [0.1, 0.15) is 5.71 Å². The second-order valence-corrected chi connectivity index (χ2v) is 7.73. The highest BCUT2D eigenvalue weighted by molar-refractivity contribution is 7.92. The molecule has 150 valence electrons. The number of carbonyl (C=O) groups excluding carboxylic acids is 1. The van der Waals surface area contributed by atoms with Gasteiger partial charge in [-0.15, -0.1) is 0 Å². The van der Waals surface area contributed by atoms with Crippen LogP contribution < -0.4 is 4.31 Å². The number of hydrazone groups is 1. The monoisotopic (exact) mass is 426 g/mol. The summed E-state index contributed by atoms with van der Waals surface area (Å²) in [6.07, 6.45) is -11.4. The molecule has 0 radical (unpaired) electrons. The molecule has 1 aromatic rings. The fourth-order valence-corrected chi connectivity index (χ4v) is 4.82. The fraction of sp³-hybridized carbons (Fsp3) is 0.357. The van der Waals surface area contributed by atoms with E-state index in [-0.39, 0.29) is 8.72 Å². The molecule has 7 nitrogen and oxygen atoms in total. The Morgan fingerprint density at radius 1 is 1.18 bits per heavy atom. The van der Waals surface area contributed by atoms with Crippen molar-refractivity contribution in [1.82, 2.24) is 4.41 Å². The van der Waals surface area contributed by atoms with Gasteiger partial charge in [-0.3, -0.25) is 4.79 Å². The van der Waals surface area contributed by atoms with Gasteiger partial charge in [0.2, 0.25) is 0 Å². The van der Waals surface area contributed by atoms with Crippen LogP contribution in [0.2, 0.25) is 0 Å². The topological polar surface area (TPSA) is 93.8 Å². The van der Waals surface area contributed by atoms with Gasteiger partial charge in [0.25, 0.3) is 5.91 Å². The average molecular weight is 426 g/mol. The number of halogens is 6. The van der Waals surface area contributed by atoms with Gasteiger partial charge in [-0.2, -0.15) is 53.8 Å². The molecule has 1 fully saturated rings. The summed E-state index contributed by atoms with van der Waals surface area (Å²) in [5.41, 5.74) is -7.76. The van der Waals surface area contributed by atoms with Gasteiger partial charge in [-0.05, 0) is 19.1 Å². The molecule has 2 aliphatic rings. The molecule has 0 N–H and O–H groups in total. The van der Waals surface area contributed by atoms with Gasteiger partial charge in [0.15, 0.2) is 5.54 Å². The first-order valence-electron chi connectivity index (χ1n) is 7.31. The molecular weight excluding hydrogens is 418 g/mol. The lowest BCUT2D eigenvalue weighted by molar-refractivity contribution is -0.137. The minimum absolute atomic E-state index is 0.135. The molecule has 28 heavy (non-hydrogen) atoms. The highest BCUT2D eigenvalue weighted by Gasteiger charge is 2.66. The van der Waals surface area contributed by atoms with Crippen molar-refractivity contribution in [3.8, 4) is 6.07 Å². The lowest BCUT2D eigenvalue weighted by atomic mass is 9.95. The predicted octanol–water partition coefficient (Wildman–Crippen LogP) is 2.55. The van der Waals surface area contributed by atoms with Crippen molar-refractivity contribution >= 4 is 27.5 Å². The Kier molecular flexibility index (Phi) is 3.98. The maximum Gasteiger partial charge on any atom is 0.431 e. The molecule has 0 aromatic heterocycles. The van der Waals surface area contributed by atoms with Crippen molar-refractivity contribution < 1.29 is 39.6 Å². The van der Waals surface area contributed by atoms with E-state index < -0.39 is 63.0 Å². The molecule has 2 aliphatic heterocycles. The first-order valence-corrected chi connectivity index (χ1v) is 8.70. The zero-order valence-corrected chi connectivity index (χ0v) is 14.4. The molecule has 0 spiro atoms. The number of nitriles is 1. The molecule has 0 aliphatic carbocycles. The molecule has 1 unspecified atom stereocenters. The summed E-state index contributed by atoms with van der Waals surface area (Å²) in [5, 5.41) is 11.9. The van der Waals surface area contributed by atoms with Crippen LogP contribution in [0.1, 0.15) is 24.5 Å². The summed E-state index contributed by atoms with van der Waals surface area (Å²) in [7, 11) is -5.21. The Morgan fingerprint density at radius 2 is 1.79 bits per heavy atom. The maximum atomic E-state index is 13.5. The van der Waals surface area contributed by atoms with E-state index in [2.05, 4.69) is 5.10 Å². The number of rotatable bonds is 1. The van der Waals surface area contributed by atoms with E-state index in [0.717, 1.165) is 19.1 Å². The van der Waals surface area contributed by atoms with E-state index in [4.69, 9.17) is 5.26 Å². The Hall–Kier alpha value is -2.82. The molecule has 14 heteroatoms. The molecule has 1 aromatic carbocycles. The Bertz CT molecular complexity index is 1060. The summed E-state index contributed by atoms with van der Waals surface area (Å²) >= 11 is 0. The Morgan fingerprint density at radius 3 is 2.25 bits per heavy atom. The number of anilines is 1. The number of benzene rings is 1. The standard InChI is InChI=1S/C14H8F6N4O3S/c1-12-5-9(13(15,16)17)22-24(12)28(26,27)23(11(12)25)8-4-2-3-7(6-21)10(8)14(18,19)20/h2-4H,5H2,1H3. The zero-order chi connectivity index (χ0) is 21.3. The van der Waals surface area contributed by atoms with Crippen LogP contribution in [0.3, 0.4) is 0 Å². The normalized spacial score (nSPS) is 24.2. The third-order valence-corrected chi connectivity index (χ3v) is 5.98. The van der Waals surface area contributed by atoms with E-state index in [1.807, 2.05) is 0 Å². The van der Waals surface area contributed by atoms with Gasteiger partial charge in [-0.25, -0.2) is 0 Å². The van der Waals surface area contributed by atoms with Crippen LogP contribution in [0, 0.1) is 11.3 Å². The summed E-state index contributed by atoms with van der Waals surface area (Å²) in [4.78, 5) is 12.7. The molecule has 0 bridgehead atoms. The van der Waals surface area contributed by atoms with Crippen LogP contribution in [-0.2, 0) is 21.2 Å². The van der Waals surface area contributed by atoms with Gasteiger partial charge in [-0.1, -0.05) is 6.07 Å². The maximum absolute atomic E-state index is 13.5. The molecule has 1 saturated heterocycles. The van der Waals surface area contributed by atoms with Gasteiger partial charge in [0, 0.05) is 6.42 Å². The number of hydrogen-bond donors (Lipinski definition) is 0. The molecule has 1 amide bonds. The third kappa shape index (κ3) is 2.60. The van der Waals surface area contributed by atoms with E-state index in [0.29, 0.717) is 6.07 Å². The van der Waals surface area contributed by atoms with Gasteiger partial charge < -0.3 is 0 Å². The van der Waals surface area contributed by atoms with Crippen LogP contribution >= 0.6 is 0 Å². The quantitative estimate of drug-likeness (QED) is 0.645. The Balaban J connectivity index is 2.25. The number of alkyl halides is 6. The van der Waals surface area contributed by atoms with Crippen LogP contribution in [-0.4, -0.2) is 36.2 Å². The number of fused-ring (bicyclic) bond motifs is 1. The minimum Gasteiger partial charge on any atom is -0.270 e. The van der Waals surface area contributed by atoms with Crippen molar-refractivity contribution in [2.75, 3.05) is 4.31 Å². The lowest BCUT2D eigenvalue weighted by Crippen LogP contribution is -2.43. The van der Waals surface area contributed by atoms with Gasteiger partial charge >= 0.3 is 22.6 Å². The van der Waals surface area contributed by atoms with Crippen LogP contribution in [0.15, 0.2) is 23.3 Å². The average Bonchev–Trinajstić information content (AvgIpc) is 2.99. The van der Waals surface area contributed by atoms with Crippen molar-refractivity contribution in [3.05, 3.63) is 29.3 Å². The summed E-state index contributed by atoms with van der Waals surface area (Å²) in [5.74, 6) is -1.55. The largest absolute Gasteiger partial charge is 0.431 e. The van der Waals surface area contributed by atoms with Crippen molar-refractivity contribution in [1.29, 1.82) is 5.26 Å². The van der Waals surface area contributed by atoms with E-state index in [1.165, 1.54) is 6.07 Å². The molecule has 2 heterocycles. The van der Waals surface area contributed by atoms with E-state index >= 15 is 0 Å². The molecule has 1 atom stereocenters. The number of carbonyl (C=O) groups is 1. The number of amides is 1. The number of hydrogen-bond acceptors (Lipinski definition) is 5. The van der Waals surface area contributed by atoms with Crippen molar-refractivity contribution in [2.24, 2.45) is 5.10 Å². The molecule has 0 saturated carbocycles. The van der Waals surface area contributed by atoms with Crippen LogP contribution in [0.25, 0.3) is 0 Å². The second-order valence-electron chi connectivity index (χ2n) is 6.12. The fourth-order valence-electron chi connectivity index (χ4n) is 3.00. The molecule has 3 rings (SSSR count). The summed E-state index contributed by atoms with van der Waals surface area (Å²) < 4.78 is 104. The van der Waals surface area contributed by atoms with Crippen molar-refractivity contribution in [3.63, 3.8) is 0 Å². The molecular formula is C14H8F6N4O3S. The third-order valence-electron chi connectivity index (χ3n) is 4.23. The highest BCUT2D eigenvalue weighted by Crippen LogP contribution is 2.48. The SMILES string of the molecule is CC12CC(C(F)(F)F)=NN1S(=O)(=O)N(c1cccc(C#N)c1C(F)(F)F)C2=O. The number of nitrogens with zero attached hydrogens (tertiary/aromatic N) is 4. The van der Waals surface area contributed by atoms with E-state index in [9.17, 15) is 39.6 Å². The van der Waals surface area contributed by atoms with Crippen molar-refractivity contribution in [2.45, 2.75) is 31.2 Å². The zero-order valence-electron chi connectivity index (χ0n) is 13.6. The smallest absolute Gasteiger partial charge is 0.270 e. The first kappa shape index (κ1) is 19.9. The summed E-state index contributed by atoms with van der Waals surface area (Å²) in [6, 6.07) is 3.58. The second kappa shape index (κ2) is 5.60. The van der Waals surface area contributed by atoms with E-state index in [1.54, 1.807) is 0 Å². The lowest BCUT2D eigenvalue weighted by Gasteiger charge is -2.21. The highest BCUT2D eigenvalue weighted by atomic mass is 32.2. The van der Waals surface area contributed by atoms with Gasteiger partial charge in [0.05, 0.1) is 22.9 Å².